The lowest BCUT2D eigenvalue weighted by atomic mass is 10.1. The van der Waals surface area contributed by atoms with Gasteiger partial charge in [0, 0.05) is 39.5 Å². The summed E-state index contributed by atoms with van der Waals surface area (Å²) in [6.07, 6.45) is 5.62. The molecule has 13 heteroatoms. The molecule has 6 N–H and O–H groups in total. The third-order valence-electron chi connectivity index (χ3n) is 7.22. The molecule has 0 aliphatic carbocycles. The topological polar surface area (TPSA) is 187 Å². The molecule has 44 heavy (non-hydrogen) atoms. The average Bonchev–Trinajstić information content (AvgIpc) is 3.34. The summed E-state index contributed by atoms with van der Waals surface area (Å²) < 4.78 is 16.9. The van der Waals surface area contributed by atoms with Gasteiger partial charge in [-0.15, -0.1) is 0 Å². The number of nitrogens with zero attached hydrogens (tertiary/aromatic N) is 1. The Kier molecular flexibility index (Phi) is 20.9. The fourth-order valence-corrected chi connectivity index (χ4v) is 4.73. The number of hydrogen-bond acceptors (Lipinski definition) is 10. The van der Waals surface area contributed by atoms with Gasteiger partial charge in [-0.3, -0.25) is 14.4 Å². The summed E-state index contributed by atoms with van der Waals surface area (Å²) in [6.45, 7) is 7.44. The molecule has 0 aromatic rings. The molecule has 0 aromatic heterocycles. The van der Waals surface area contributed by atoms with Crippen LogP contribution >= 0.6 is 0 Å². The van der Waals surface area contributed by atoms with E-state index in [1.807, 2.05) is 6.08 Å². The van der Waals surface area contributed by atoms with Gasteiger partial charge in [-0.1, -0.05) is 26.7 Å². The second kappa shape index (κ2) is 23.1. The Morgan fingerprint density at radius 3 is 2.34 bits per heavy atom. The standard InChI is InChI=1S/C31H57N3O10/c1-22(2)13-16-42-21-25-17-26(39)18-34(25)30(41)12-8-5-9-14-32-29(40)11-7-6-10-15-43-31(27(19-35)33-24(4)38)44-28(20-36)23(3)37/h13,16,22-23,25-28,31,35-37,39H,5-12,14-15,17-21H2,1-4H3,(H,32,40)(H,33,38)/b16-13+/t23-,25+,26-,27+,28?,31?/m1/s1. The summed E-state index contributed by atoms with van der Waals surface area (Å²) in [7, 11) is 0. The maximum Gasteiger partial charge on any atom is 0.223 e. The van der Waals surface area contributed by atoms with Gasteiger partial charge in [0.25, 0.3) is 0 Å². The molecule has 1 rings (SSSR count). The van der Waals surface area contributed by atoms with E-state index in [0.29, 0.717) is 70.6 Å². The molecule has 1 aliphatic rings. The number of carbonyl (C=O) groups is 3. The van der Waals surface area contributed by atoms with Gasteiger partial charge in [-0.2, -0.15) is 0 Å². The van der Waals surface area contributed by atoms with Crippen molar-refractivity contribution >= 4 is 17.7 Å². The molecule has 1 saturated heterocycles. The van der Waals surface area contributed by atoms with Crippen LogP contribution in [0.1, 0.15) is 85.5 Å². The number of aliphatic hydroxyl groups excluding tert-OH is 4. The minimum absolute atomic E-state index is 0.0204. The number of amides is 3. The number of ether oxygens (including phenoxy) is 3. The number of nitrogens with one attached hydrogen (secondary N) is 2. The highest BCUT2D eigenvalue weighted by atomic mass is 16.7. The van der Waals surface area contributed by atoms with Crippen LogP contribution in [0.2, 0.25) is 0 Å². The van der Waals surface area contributed by atoms with Crippen LogP contribution in [0.25, 0.3) is 0 Å². The zero-order valence-corrected chi connectivity index (χ0v) is 27.0. The smallest absolute Gasteiger partial charge is 0.223 e. The number of hydrogen-bond donors (Lipinski definition) is 6. The van der Waals surface area contributed by atoms with E-state index < -0.39 is 43.9 Å². The molecule has 0 aromatic carbocycles. The van der Waals surface area contributed by atoms with E-state index in [-0.39, 0.29) is 30.4 Å². The monoisotopic (exact) mass is 631 g/mol. The van der Waals surface area contributed by atoms with Gasteiger partial charge in [-0.25, -0.2) is 0 Å². The summed E-state index contributed by atoms with van der Waals surface area (Å²) in [4.78, 5) is 38.1. The Hall–Kier alpha value is -2.29. The van der Waals surface area contributed by atoms with Crippen LogP contribution in [0.4, 0.5) is 0 Å². The van der Waals surface area contributed by atoms with Crippen LogP contribution < -0.4 is 10.6 Å². The minimum Gasteiger partial charge on any atom is -0.499 e. The maximum absolute atomic E-state index is 12.7. The van der Waals surface area contributed by atoms with E-state index in [2.05, 4.69) is 24.5 Å². The number of unbranched alkanes of at least 4 members (excludes halogenated alkanes) is 4. The molecule has 6 atom stereocenters. The largest absolute Gasteiger partial charge is 0.499 e. The summed E-state index contributed by atoms with van der Waals surface area (Å²) in [5, 5.41) is 44.3. The van der Waals surface area contributed by atoms with E-state index in [4.69, 9.17) is 14.2 Å². The Balaban J connectivity index is 2.22. The summed E-state index contributed by atoms with van der Waals surface area (Å²) in [5.74, 6) is -0.0253. The molecule has 3 amide bonds. The number of β-amino-alcohol motifs (C(OH)–C–C–N with tert-alkyl or cyclic N) is 1. The lowest BCUT2D eigenvalue weighted by Crippen LogP contribution is -2.50. The van der Waals surface area contributed by atoms with Crippen LogP contribution in [-0.4, -0.2) is 119 Å². The van der Waals surface area contributed by atoms with Crippen molar-refractivity contribution < 1.29 is 49.0 Å². The van der Waals surface area contributed by atoms with E-state index in [9.17, 15) is 34.8 Å². The Labute approximate surface area is 262 Å². The first kappa shape index (κ1) is 39.7. The summed E-state index contributed by atoms with van der Waals surface area (Å²) in [5.41, 5.74) is 0. The molecule has 0 radical (unpaired) electrons. The SMILES string of the molecule is CC(=O)N[C@@H](CO)C(OCCCCCC(=O)NCCCCCC(=O)N1C[C@H](O)C[C@H]1CO/C=C/C(C)C)OC(CO)[C@@H](C)O. The molecule has 0 saturated carbocycles. The van der Waals surface area contributed by atoms with Crippen LogP contribution in [0.5, 0.6) is 0 Å². The third kappa shape index (κ3) is 17.3. The van der Waals surface area contributed by atoms with Crippen LogP contribution in [-0.2, 0) is 28.6 Å². The molecular formula is C31H57N3O10. The minimum atomic E-state index is -1.07. The van der Waals surface area contributed by atoms with E-state index in [1.165, 1.54) is 13.8 Å². The summed E-state index contributed by atoms with van der Waals surface area (Å²) in [6, 6.07) is -0.990. The first-order valence-corrected chi connectivity index (χ1v) is 15.9. The number of carbonyl (C=O) groups excluding carboxylic acids is 3. The molecule has 1 aliphatic heterocycles. The highest BCUT2D eigenvalue weighted by Crippen LogP contribution is 2.20. The van der Waals surface area contributed by atoms with Crippen molar-refractivity contribution in [1.29, 1.82) is 0 Å². The Bertz CT molecular complexity index is 842. The van der Waals surface area contributed by atoms with Crippen LogP contribution in [0.3, 0.4) is 0 Å². The normalized spacial score (nSPS) is 19.6. The first-order valence-electron chi connectivity index (χ1n) is 15.9. The Morgan fingerprint density at radius 1 is 1.00 bits per heavy atom. The van der Waals surface area contributed by atoms with E-state index >= 15 is 0 Å². The fraction of sp³-hybridized carbons (Fsp3) is 0.839. The second-order valence-corrected chi connectivity index (χ2v) is 11.8. The van der Waals surface area contributed by atoms with Gasteiger partial charge in [0.1, 0.15) is 18.8 Å². The molecule has 2 unspecified atom stereocenters. The molecule has 0 bridgehead atoms. The summed E-state index contributed by atoms with van der Waals surface area (Å²) >= 11 is 0. The first-order chi connectivity index (χ1) is 21.0. The molecule has 0 spiro atoms. The number of allylic oxidation sites excluding steroid dienone is 1. The van der Waals surface area contributed by atoms with Crippen molar-refractivity contribution in [3.63, 3.8) is 0 Å². The van der Waals surface area contributed by atoms with Crippen molar-refractivity contribution in [1.82, 2.24) is 15.5 Å². The van der Waals surface area contributed by atoms with Gasteiger partial charge in [0.15, 0.2) is 6.29 Å². The van der Waals surface area contributed by atoms with Crippen molar-refractivity contribution in [3.05, 3.63) is 12.3 Å². The van der Waals surface area contributed by atoms with E-state index in [0.717, 1.165) is 12.8 Å². The zero-order chi connectivity index (χ0) is 32.9. The maximum atomic E-state index is 12.7. The van der Waals surface area contributed by atoms with Crippen LogP contribution in [0, 0.1) is 5.92 Å². The van der Waals surface area contributed by atoms with Crippen molar-refractivity contribution in [2.24, 2.45) is 5.92 Å². The van der Waals surface area contributed by atoms with Crippen LogP contribution in [0.15, 0.2) is 12.3 Å². The highest BCUT2D eigenvalue weighted by molar-refractivity contribution is 5.77. The van der Waals surface area contributed by atoms with Crippen molar-refractivity contribution in [2.75, 3.05) is 39.5 Å². The molecule has 1 heterocycles. The molecule has 256 valence electrons. The number of rotatable bonds is 24. The second-order valence-electron chi connectivity index (χ2n) is 11.8. The lowest BCUT2D eigenvalue weighted by Gasteiger charge is -2.30. The van der Waals surface area contributed by atoms with Gasteiger partial charge in [0.05, 0.1) is 37.7 Å². The third-order valence-corrected chi connectivity index (χ3v) is 7.22. The van der Waals surface area contributed by atoms with Gasteiger partial charge in [0.2, 0.25) is 17.7 Å². The Morgan fingerprint density at radius 2 is 1.70 bits per heavy atom. The van der Waals surface area contributed by atoms with Gasteiger partial charge < -0.3 is 50.2 Å². The average molecular weight is 632 g/mol. The predicted octanol–water partition coefficient (Wildman–Crippen LogP) is 0.970. The molecule has 1 fully saturated rings. The predicted molar refractivity (Wildman–Crippen MR) is 164 cm³/mol. The van der Waals surface area contributed by atoms with Gasteiger partial charge >= 0.3 is 0 Å². The number of aliphatic hydroxyl groups is 4. The van der Waals surface area contributed by atoms with Gasteiger partial charge in [-0.05, 0) is 51.0 Å². The fourth-order valence-electron chi connectivity index (χ4n) is 4.73. The zero-order valence-electron chi connectivity index (χ0n) is 27.0. The number of likely N-dealkylation sites (tertiary alicyclic amines) is 1. The highest BCUT2D eigenvalue weighted by Gasteiger charge is 2.34. The molecule has 13 nitrogen and oxygen atoms in total. The quantitative estimate of drug-likeness (QED) is 0.0509. The van der Waals surface area contributed by atoms with Crippen molar-refractivity contribution in [3.8, 4) is 0 Å². The lowest BCUT2D eigenvalue weighted by molar-refractivity contribution is -0.214. The van der Waals surface area contributed by atoms with Crippen molar-refractivity contribution in [2.45, 2.75) is 122 Å². The molecular weight excluding hydrogens is 574 g/mol. The van der Waals surface area contributed by atoms with E-state index in [1.54, 1.807) is 11.2 Å².